The van der Waals surface area contributed by atoms with Gasteiger partial charge in [-0.05, 0) is 109 Å². The van der Waals surface area contributed by atoms with E-state index < -0.39 is 0 Å². The molecule has 0 aliphatic heterocycles. The molecular weight excluding hydrogens is 1020 g/mol. The first-order valence-corrected chi connectivity index (χ1v) is 24.4. The molecule has 0 saturated heterocycles. The minimum absolute atomic E-state index is 0. The van der Waals surface area contributed by atoms with Crippen LogP contribution in [0.25, 0.3) is 66.1 Å². The van der Waals surface area contributed by atoms with E-state index in [1.54, 1.807) is 12.4 Å². The Balaban J connectivity index is 0.000000176. The van der Waals surface area contributed by atoms with Crippen LogP contribution in [0.2, 0.25) is 0 Å². The van der Waals surface area contributed by atoms with Gasteiger partial charge in [0.25, 0.3) is 0 Å². The van der Waals surface area contributed by atoms with Gasteiger partial charge in [0, 0.05) is 54.5 Å². The fraction of sp³-hybridized carbons (Fsp3) is 0.367. The van der Waals surface area contributed by atoms with E-state index in [1.165, 1.54) is 49.0 Å². The maximum atomic E-state index is 14.7. The summed E-state index contributed by atoms with van der Waals surface area (Å²) in [5.74, 6) is 1.45. The van der Waals surface area contributed by atoms with Crippen LogP contribution >= 0.6 is 0 Å². The van der Waals surface area contributed by atoms with Crippen molar-refractivity contribution in [1.82, 2.24) is 15.0 Å². The van der Waals surface area contributed by atoms with Gasteiger partial charge in [-0.2, -0.15) is 0 Å². The largest absolute Gasteiger partial charge is 0.512 e. The number of aliphatic hydroxyl groups excluding tert-OH is 1. The molecule has 3 aromatic heterocycles. The molecule has 8 heteroatoms. The average Bonchev–Trinajstić information content (AvgIpc) is 3.99. The zero-order chi connectivity index (χ0) is 47.8. The van der Waals surface area contributed by atoms with E-state index in [9.17, 15) is 14.3 Å². The average molecular weight is 1090 g/mol. The fourth-order valence-corrected chi connectivity index (χ4v) is 9.68. The van der Waals surface area contributed by atoms with E-state index in [0.717, 1.165) is 110 Å². The van der Waals surface area contributed by atoms with E-state index in [4.69, 9.17) is 9.40 Å². The van der Waals surface area contributed by atoms with Crippen molar-refractivity contribution in [1.29, 1.82) is 0 Å². The number of allylic oxidation sites excluding steroid dienone is 2. The molecule has 1 N–H and O–H groups in total. The zero-order valence-electron chi connectivity index (χ0n) is 41.2. The van der Waals surface area contributed by atoms with Crippen LogP contribution in [0.4, 0.5) is 4.39 Å². The Morgan fingerprint density at radius 1 is 0.765 bits per heavy atom. The predicted molar refractivity (Wildman–Crippen MR) is 275 cm³/mol. The van der Waals surface area contributed by atoms with Crippen LogP contribution < -0.4 is 0 Å². The second-order valence-electron chi connectivity index (χ2n) is 18.8. The van der Waals surface area contributed by atoms with Gasteiger partial charge in [0.05, 0.1) is 16.9 Å². The van der Waals surface area contributed by atoms with E-state index in [-0.39, 0.29) is 49.3 Å². The van der Waals surface area contributed by atoms with Crippen LogP contribution in [-0.4, -0.2) is 25.8 Å². The minimum atomic E-state index is -0.232. The van der Waals surface area contributed by atoms with E-state index in [0.29, 0.717) is 17.2 Å². The number of para-hydroxylation sites is 1. The number of aromatic nitrogens is 3. The Kier molecular flexibility index (Phi) is 18.0. The molecule has 1 radical (unpaired) electrons. The maximum absolute atomic E-state index is 14.7. The van der Waals surface area contributed by atoms with Gasteiger partial charge in [0.2, 0.25) is 0 Å². The molecule has 1 aliphatic carbocycles. The SMILES string of the molecule is CCC(CC)C(=O)/C=C(\O)C(CC)CC.Cc1[c-]c(-c2nc(CC(C)C)cc3c(F)cccc23)c2oc3ccccc3c2c1.Cc1[c-]c(-c2ncnc3cc(C4CCCC4)ccc23)cc(C)c1.[Ir]. The normalized spacial score (nSPS) is 13.0. The summed E-state index contributed by atoms with van der Waals surface area (Å²) in [7, 11) is 0. The Morgan fingerprint density at radius 2 is 1.46 bits per heavy atom. The number of aryl methyl sites for hydroxylation is 3. The van der Waals surface area contributed by atoms with Crippen LogP contribution in [0.3, 0.4) is 0 Å². The van der Waals surface area contributed by atoms with Crippen molar-refractivity contribution in [3.63, 3.8) is 0 Å². The molecule has 1 aliphatic rings. The number of nitrogens with zero attached hydrogens (tertiary/aromatic N) is 3. The van der Waals surface area contributed by atoms with Crippen LogP contribution in [0.1, 0.15) is 127 Å². The van der Waals surface area contributed by atoms with Crippen molar-refractivity contribution in [2.24, 2.45) is 17.8 Å². The van der Waals surface area contributed by atoms with Gasteiger partial charge >= 0.3 is 0 Å². The van der Waals surface area contributed by atoms with Gasteiger partial charge in [-0.1, -0.05) is 129 Å². The van der Waals surface area contributed by atoms with Gasteiger partial charge in [0.1, 0.15) is 17.7 Å². The van der Waals surface area contributed by atoms with Gasteiger partial charge in [-0.25, -0.2) is 9.37 Å². The molecule has 6 nitrogen and oxygen atoms in total. The predicted octanol–water partition coefficient (Wildman–Crippen LogP) is 16.5. The number of aliphatic hydroxyl groups is 1. The molecule has 8 aromatic rings. The van der Waals surface area contributed by atoms with Crippen molar-refractivity contribution in [3.05, 3.63) is 149 Å². The molecule has 0 bridgehead atoms. The molecule has 68 heavy (non-hydrogen) atoms. The molecule has 9 rings (SSSR count). The quantitative estimate of drug-likeness (QED) is 0.0745. The number of carbonyl (C=O) groups is 1. The van der Waals surface area contributed by atoms with Gasteiger partial charge in [-0.3, -0.25) is 9.78 Å². The Labute approximate surface area is 416 Å². The Hall–Kier alpha value is -5.56. The van der Waals surface area contributed by atoms with Gasteiger partial charge in [-0.15, -0.1) is 52.6 Å². The first-order valence-electron chi connectivity index (χ1n) is 24.4. The monoisotopic (exact) mass is 1090 g/mol. The summed E-state index contributed by atoms with van der Waals surface area (Å²) in [4.78, 5) is 25.7. The molecule has 5 aromatic carbocycles. The Morgan fingerprint density at radius 3 is 2.15 bits per heavy atom. The topological polar surface area (TPSA) is 89.1 Å². The number of ketones is 1. The van der Waals surface area contributed by atoms with Crippen molar-refractivity contribution in [2.45, 2.75) is 126 Å². The van der Waals surface area contributed by atoms with E-state index in [1.807, 2.05) is 65.0 Å². The first kappa shape index (κ1) is 51.8. The standard InChI is InChI=1S/C26H21FNO.C21H21N2.C13H24O2.Ir/c1-15(2)11-17-14-20-19(8-6-9-23(20)27)25(28-17)22-13-16(3)12-21-18-7-4-5-10-24(18)29-26(21)22;1-14-9-15(2)11-18(10-14)21-19-8-7-17(16-5-3-4-6-16)12-20(19)22-13-23-21;1-5-10(6-2)12(14)9-13(15)11(7-3)8-4;/h4-10,12,14-15H,11H2,1-3H3;7-10,12-13,16H,3-6H2,1-2H3;9-11,14H,5-8H2,1-4H3;/q2*-1;;/b;;12-9-;. The number of carbonyl (C=O) groups excluding carboxylic acids is 1. The summed E-state index contributed by atoms with van der Waals surface area (Å²) < 4.78 is 20.9. The molecule has 0 amide bonds. The second kappa shape index (κ2) is 23.6. The third kappa shape index (κ3) is 12.0. The maximum Gasteiger partial charge on any atom is 0.162 e. The molecule has 0 unspecified atom stereocenters. The summed E-state index contributed by atoms with van der Waals surface area (Å²) >= 11 is 0. The van der Waals surface area contributed by atoms with E-state index in [2.05, 4.69) is 92.3 Å². The second-order valence-corrected chi connectivity index (χ2v) is 18.8. The first-order chi connectivity index (χ1) is 32.3. The number of benzene rings is 5. The number of halogens is 1. The molecule has 1 fully saturated rings. The summed E-state index contributed by atoms with van der Waals surface area (Å²) in [6.45, 7) is 18.6. The van der Waals surface area contributed by atoms with Crippen molar-refractivity contribution < 1.29 is 38.8 Å². The summed E-state index contributed by atoms with van der Waals surface area (Å²) in [6, 6.07) is 35.0. The number of hydrogen-bond acceptors (Lipinski definition) is 6. The number of hydrogen-bond donors (Lipinski definition) is 1. The third-order valence-corrected chi connectivity index (χ3v) is 13.2. The van der Waals surface area contributed by atoms with Crippen molar-refractivity contribution in [3.8, 4) is 22.5 Å². The van der Waals surface area contributed by atoms with Gasteiger partial charge in [0.15, 0.2) is 5.78 Å². The van der Waals surface area contributed by atoms with Crippen LogP contribution in [0, 0.1) is 56.5 Å². The number of fused-ring (bicyclic) bond motifs is 5. The molecule has 0 atom stereocenters. The van der Waals surface area contributed by atoms with Crippen LogP contribution in [0.15, 0.2) is 108 Å². The zero-order valence-corrected chi connectivity index (χ0v) is 43.6. The minimum Gasteiger partial charge on any atom is -0.512 e. The molecule has 357 valence electrons. The fourth-order valence-electron chi connectivity index (χ4n) is 9.68. The summed E-state index contributed by atoms with van der Waals surface area (Å²) in [5, 5.41) is 14.3. The van der Waals surface area contributed by atoms with Crippen molar-refractivity contribution in [2.75, 3.05) is 0 Å². The van der Waals surface area contributed by atoms with Gasteiger partial charge < -0.3 is 14.5 Å². The molecule has 0 spiro atoms. The number of rotatable bonds is 12. The molecule has 1 saturated carbocycles. The summed E-state index contributed by atoms with van der Waals surface area (Å²) in [6.07, 6.45) is 12.7. The van der Waals surface area contributed by atoms with Crippen molar-refractivity contribution >= 4 is 49.4 Å². The number of furan rings is 1. The summed E-state index contributed by atoms with van der Waals surface area (Å²) in [5.41, 5.74) is 11.9. The third-order valence-electron chi connectivity index (χ3n) is 13.2. The molecule has 3 heterocycles. The Bertz CT molecular complexity index is 3010. The smallest absolute Gasteiger partial charge is 0.162 e. The number of pyridine rings is 1. The van der Waals surface area contributed by atoms with Crippen LogP contribution in [0.5, 0.6) is 0 Å². The molecular formula is C60H66FIrN3O3-2. The van der Waals surface area contributed by atoms with E-state index >= 15 is 0 Å². The van der Waals surface area contributed by atoms with Crippen LogP contribution in [-0.2, 0) is 31.3 Å².